The molecule has 0 bridgehead atoms. The molecule has 170 valence electrons. The zero-order valence-electron chi connectivity index (χ0n) is 17.7. The third-order valence-corrected chi connectivity index (χ3v) is 4.69. The quantitative estimate of drug-likeness (QED) is 0.112. The van der Waals surface area contributed by atoms with Crippen molar-refractivity contribution in [3.05, 3.63) is 0 Å². The van der Waals surface area contributed by atoms with Crippen LogP contribution in [0, 0.1) is 5.41 Å². The summed E-state index contributed by atoms with van der Waals surface area (Å²) in [5.74, 6) is 0.299. The number of unbranched alkanes of at least 4 members (excludes halogenated alkanes) is 15. The first-order valence-electron chi connectivity index (χ1n) is 10.8. The lowest BCUT2D eigenvalue weighted by Gasteiger charge is -2.04. The van der Waals surface area contributed by atoms with Crippen molar-refractivity contribution in [3.8, 4) is 0 Å². The SMILES string of the molecule is Cl.Cl.N=C(N)NCCCCCCCCCCCCCCCCCCN=C(N)N. The van der Waals surface area contributed by atoms with Crippen molar-refractivity contribution in [2.24, 2.45) is 22.2 Å². The van der Waals surface area contributed by atoms with E-state index in [0.717, 1.165) is 25.9 Å². The van der Waals surface area contributed by atoms with Crippen molar-refractivity contribution < 1.29 is 0 Å². The minimum absolute atomic E-state index is 0. The van der Waals surface area contributed by atoms with Crippen molar-refractivity contribution in [2.45, 2.75) is 103 Å². The maximum atomic E-state index is 7.07. The molecule has 8 heteroatoms. The highest BCUT2D eigenvalue weighted by Gasteiger charge is 1.95. The molecule has 8 N–H and O–H groups in total. The summed E-state index contributed by atoms with van der Waals surface area (Å²) in [7, 11) is 0. The fraction of sp³-hybridized carbons (Fsp3) is 0.900. The summed E-state index contributed by atoms with van der Waals surface area (Å²) in [6, 6.07) is 0. The van der Waals surface area contributed by atoms with Gasteiger partial charge in [0.15, 0.2) is 11.9 Å². The average molecular weight is 442 g/mol. The lowest BCUT2D eigenvalue weighted by atomic mass is 10.0. The van der Waals surface area contributed by atoms with E-state index in [9.17, 15) is 0 Å². The zero-order chi connectivity index (χ0) is 19.3. The topological polar surface area (TPSA) is 126 Å². The molecular formula is C20H46Cl2N6. The van der Waals surface area contributed by atoms with Crippen LogP contribution in [0.3, 0.4) is 0 Å². The van der Waals surface area contributed by atoms with Gasteiger partial charge >= 0.3 is 0 Å². The Balaban J connectivity index is -0.00000312. The Morgan fingerprint density at radius 3 is 1.21 bits per heavy atom. The van der Waals surface area contributed by atoms with Gasteiger partial charge in [0, 0.05) is 13.1 Å². The highest BCUT2D eigenvalue weighted by Crippen LogP contribution is 2.13. The van der Waals surface area contributed by atoms with Crippen LogP contribution in [-0.4, -0.2) is 25.0 Å². The van der Waals surface area contributed by atoms with Crippen molar-refractivity contribution >= 4 is 36.7 Å². The molecule has 0 unspecified atom stereocenters. The van der Waals surface area contributed by atoms with Crippen LogP contribution in [0.25, 0.3) is 0 Å². The van der Waals surface area contributed by atoms with Gasteiger partial charge in [-0.2, -0.15) is 0 Å². The molecule has 6 nitrogen and oxygen atoms in total. The van der Waals surface area contributed by atoms with Crippen LogP contribution >= 0.6 is 24.8 Å². The normalized spacial score (nSPS) is 9.86. The van der Waals surface area contributed by atoms with Crippen LogP contribution in [0.1, 0.15) is 103 Å². The van der Waals surface area contributed by atoms with E-state index >= 15 is 0 Å². The van der Waals surface area contributed by atoms with E-state index in [1.807, 2.05) is 0 Å². The Kier molecular flexibility index (Phi) is 29.7. The minimum Gasteiger partial charge on any atom is -0.370 e. The Labute approximate surface area is 185 Å². The lowest BCUT2D eigenvalue weighted by molar-refractivity contribution is 0.528. The third-order valence-electron chi connectivity index (χ3n) is 4.69. The van der Waals surface area contributed by atoms with Gasteiger partial charge in [0.2, 0.25) is 0 Å². The first-order chi connectivity index (χ1) is 12.6. The zero-order valence-corrected chi connectivity index (χ0v) is 19.4. The summed E-state index contributed by atoms with van der Waals surface area (Å²) in [6.07, 6.45) is 21.2. The molecule has 0 aliphatic heterocycles. The Morgan fingerprint density at radius 2 is 0.893 bits per heavy atom. The second-order valence-corrected chi connectivity index (χ2v) is 7.30. The molecule has 0 aromatic carbocycles. The second kappa shape index (κ2) is 26.1. The molecule has 0 aromatic rings. The number of nitrogens with two attached hydrogens (primary N) is 3. The summed E-state index contributed by atoms with van der Waals surface area (Å²) in [5, 5.41) is 9.92. The van der Waals surface area contributed by atoms with E-state index in [0.29, 0.717) is 0 Å². The predicted octanol–water partition coefficient (Wildman–Crippen LogP) is 4.83. The highest BCUT2D eigenvalue weighted by atomic mass is 35.5. The number of hydrogen-bond donors (Lipinski definition) is 5. The number of hydrogen-bond acceptors (Lipinski definition) is 2. The predicted molar refractivity (Wildman–Crippen MR) is 129 cm³/mol. The molecule has 0 radical (unpaired) electrons. The summed E-state index contributed by atoms with van der Waals surface area (Å²) in [4.78, 5) is 4.00. The van der Waals surface area contributed by atoms with E-state index in [-0.39, 0.29) is 36.7 Å². The molecule has 0 aliphatic rings. The molecule has 0 rings (SSSR count). The molecule has 0 saturated carbocycles. The second-order valence-electron chi connectivity index (χ2n) is 7.30. The largest absolute Gasteiger partial charge is 0.370 e. The average Bonchev–Trinajstić information content (AvgIpc) is 2.59. The van der Waals surface area contributed by atoms with Gasteiger partial charge in [-0.15, -0.1) is 24.8 Å². The number of halogens is 2. The van der Waals surface area contributed by atoms with Crippen LogP contribution < -0.4 is 22.5 Å². The lowest BCUT2D eigenvalue weighted by Crippen LogP contribution is -2.30. The molecule has 0 heterocycles. The van der Waals surface area contributed by atoms with Gasteiger partial charge < -0.3 is 22.5 Å². The van der Waals surface area contributed by atoms with Gasteiger partial charge in [0.1, 0.15) is 0 Å². The molecule has 28 heavy (non-hydrogen) atoms. The van der Waals surface area contributed by atoms with Crippen LogP contribution in [0.5, 0.6) is 0 Å². The maximum absolute atomic E-state index is 7.07. The van der Waals surface area contributed by atoms with Crippen LogP contribution in [0.2, 0.25) is 0 Å². The molecule has 0 spiro atoms. The Hall–Kier alpha value is -0.880. The van der Waals surface area contributed by atoms with Crippen LogP contribution in [-0.2, 0) is 0 Å². The van der Waals surface area contributed by atoms with E-state index in [1.165, 1.54) is 89.9 Å². The molecule has 0 saturated heterocycles. The van der Waals surface area contributed by atoms with E-state index in [1.54, 1.807) is 0 Å². The summed E-state index contributed by atoms with van der Waals surface area (Å²) >= 11 is 0. The Morgan fingerprint density at radius 1 is 0.571 bits per heavy atom. The van der Waals surface area contributed by atoms with Crippen LogP contribution in [0.15, 0.2) is 4.99 Å². The summed E-state index contributed by atoms with van der Waals surface area (Å²) in [6.45, 7) is 1.62. The number of nitrogens with one attached hydrogen (secondary N) is 2. The smallest absolute Gasteiger partial charge is 0.185 e. The summed E-state index contributed by atoms with van der Waals surface area (Å²) in [5.41, 5.74) is 15.8. The van der Waals surface area contributed by atoms with Gasteiger partial charge in [-0.1, -0.05) is 89.9 Å². The van der Waals surface area contributed by atoms with Crippen molar-refractivity contribution in [1.82, 2.24) is 5.32 Å². The first-order valence-corrected chi connectivity index (χ1v) is 10.8. The van der Waals surface area contributed by atoms with Gasteiger partial charge in [-0.05, 0) is 12.8 Å². The Bertz CT molecular complexity index is 350. The van der Waals surface area contributed by atoms with Crippen LogP contribution in [0.4, 0.5) is 0 Å². The standard InChI is InChI=1S/C20H44N6.2ClH/c21-19(22)25-17-15-13-11-9-7-5-3-1-2-4-6-8-10-12-14-16-18-26-20(23)24;;/h1-18H2,(H4,21,22,25)(H4,23,24,26);2*1H. The third kappa shape index (κ3) is 29.9. The fourth-order valence-electron chi connectivity index (χ4n) is 3.14. The number of guanidine groups is 2. The molecule has 0 amide bonds. The summed E-state index contributed by atoms with van der Waals surface area (Å²) < 4.78 is 0. The van der Waals surface area contributed by atoms with Gasteiger partial charge in [0.05, 0.1) is 0 Å². The molecule has 0 aliphatic carbocycles. The van der Waals surface area contributed by atoms with Gasteiger partial charge in [0.25, 0.3) is 0 Å². The molecule has 0 atom stereocenters. The van der Waals surface area contributed by atoms with Crippen molar-refractivity contribution in [2.75, 3.05) is 13.1 Å². The maximum Gasteiger partial charge on any atom is 0.185 e. The monoisotopic (exact) mass is 440 g/mol. The number of nitrogens with zero attached hydrogens (tertiary/aromatic N) is 1. The number of aliphatic imine (C=N–C) groups is 1. The van der Waals surface area contributed by atoms with Gasteiger partial charge in [-0.25, -0.2) is 0 Å². The first kappa shape index (κ1) is 31.8. The van der Waals surface area contributed by atoms with Crippen molar-refractivity contribution in [1.29, 1.82) is 5.41 Å². The molecular weight excluding hydrogens is 395 g/mol. The van der Waals surface area contributed by atoms with Gasteiger partial charge in [-0.3, -0.25) is 10.4 Å². The molecule has 0 fully saturated rings. The number of rotatable bonds is 19. The fourth-order valence-corrected chi connectivity index (χ4v) is 3.14. The van der Waals surface area contributed by atoms with E-state index < -0.39 is 0 Å². The molecule has 0 aromatic heterocycles. The minimum atomic E-state index is 0. The van der Waals surface area contributed by atoms with E-state index in [2.05, 4.69) is 10.3 Å². The highest BCUT2D eigenvalue weighted by molar-refractivity contribution is 5.85. The van der Waals surface area contributed by atoms with Crippen molar-refractivity contribution in [3.63, 3.8) is 0 Å². The van der Waals surface area contributed by atoms with E-state index in [4.69, 9.17) is 22.6 Å².